The average Bonchev–Trinajstić information content (AvgIpc) is 2.42. The van der Waals surface area contributed by atoms with E-state index in [0.29, 0.717) is 11.6 Å². The number of hydrogen-bond acceptors (Lipinski definition) is 2. The predicted octanol–water partition coefficient (Wildman–Crippen LogP) is 4.64. The first-order chi connectivity index (χ1) is 9.52. The molecule has 2 atom stereocenters. The smallest absolute Gasteiger partial charge is 0.0871 e. The van der Waals surface area contributed by atoms with Crippen molar-refractivity contribution in [3.63, 3.8) is 0 Å². The third-order valence-electron chi connectivity index (χ3n) is 3.20. The molecule has 3 N–H and O–H groups in total. The minimum atomic E-state index is -0.695. The predicted molar refractivity (Wildman–Crippen MR) is 90.0 cm³/mol. The number of aliphatic hydroxyl groups is 1. The van der Waals surface area contributed by atoms with E-state index in [1.54, 1.807) is 6.07 Å². The number of nitrogens with two attached hydrogens (primary N) is 1. The highest BCUT2D eigenvalue weighted by Gasteiger charge is 2.22. The average molecular weight is 420 g/mol. The first-order valence-corrected chi connectivity index (χ1v) is 8.08. The minimum Gasteiger partial charge on any atom is -0.388 e. The molecule has 0 heterocycles. The van der Waals surface area contributed by atoms with Gasteiger partial charge in [-0.1, -0.05) is 45.7 Å². The van der Waals surface area contributed by atoms with Gasteiger partial charge in [0.1, 0.15) is 0 Å². The highest BCUT2D eigenvalue weighted by Crippen LogP contribution is 2.34. The van der Waals surface area contributed by atoms with Crippen LogP contribution >= 0.6 is 43.5 Å². The molecule has 0 fully saturated rings. The van der Waals surface area contributed by atoms with Gasteiger partial charge < -0.3 is 10.8 Å². The van der Waals surface area contributed by atoms with Crippen LogP contribution in [0.5, 0.6) is 0 Å². The van der Waals surface area contributed by atoms with Crippen molar-refractivity contribution in [2.75, 3.05) is 6.54 Å². The summed E-state index contributed by atoms with van der Waals surface area (Å²) in [5.41, 5.74) is 7.60. The van der Waals surface area contributed by atoms with Gasteiger partial charge in [-0.15, -0.1) is 0 Å². The lowest BCUT2D eigenvalue weighted by Crippen LogP contribution is -2.20. The Morgan fingerprint density at radius 3 is 2.45 bits per heavy atom. The number of rotatable bonds is 4. The van der Waals surface area contributed by atoms with E-state index in [-0.39, 0.29) is 5.92 Å². The standard InChI is InChI=1S/C15H14Br2ClNO/c16-11-3-1-2-9(6-11)12(8-19)15(20)10-4-5-13(17)14(18)7-10/h1-7,12,15,20H,8,19H2. The largest absolute Gasteiger partial charge is 0.388 e. The zero-order valence-electron chi connectivity index (χ0n) is 10.6. The molecule has 2 unspecified atom stereocenters. The Hall–Kier alpha value is -0.390. The first kappa shape index (κ1) is 16.0. The maximum atomic E-state index is 10.6. The molecule has 0 radical (unpaired) electrons. The van der Waals surface area contributed by atoms with Crippen molar-refractivity contribution in [3.05, 3.63) is 67.6 Å². The van der Waals surface area contributed by atoms with E-state index in [1.807, 2.05) is 36.4 Å². The molecule has 0 saturated carbocycles. The van der Waals surface area contributed by atoms with Crippen LogP contribution < -0.4 is 5.73 Å². The molecule has 0 spiro atoms. The lowest BCUT2D eigenvalue weighted by atomic mass is 9.89. The molecule has 2 nitrogen and oxygen atoms in total. The van der Waals surface area contributed by atoms with Gasteiger partial charge in [0.15, 0.2) is 0 Å². The van der Waals surface area contributed by atoms with Gasteiger partial charge in [0.2, 0.25) is 0 Å². The molecule has 0 aromatic heterocycles. The lowest BCUT2D eigenvalue weighted by molar-refractivity contribution is 0.147. The van der Waals surface area contributed by atoms with E-state index in [0.717, 1.165) is 20.1 Å². The van der Waals surface area contributed by atoms with Gasteiger partial charge in [0.25, 0.3) is 0 Å². The number of halogens is 3. The quantitative estimate of drug-likeness (QED) is 0.758. The van der Waals surface area contributed by atoms with Crippen LogP contribution in [0.25, 0.3) is 0 Å². The molecular formula is C15H14Br2ClNO. The molecule has 0 aliphatic carbocycles. The Kier molecular flexibility index (Phi) is 5.64. The van der Waals surface area contributed by atoms with Crippen molar-refractivity contribution >= 4 is 43.5 Å². The molecule has 2 aromatic rings. The molecule has 5 heteroatoms. The normalized spacial score (nSPS) is 14.1. The van der Waals surface area contributed by atoms with E-state index in [9.17, 15) is 5.11 Å². The van der Waals surface area contributed by atoms with Crippen molar-refractivity contribution in [3.8, 4) is 0 Å². The summed E-state index contributed by atoms with van der Waals surface area (Å²) < 4.78 is 1.77. The fraction of sp³-hybridized carbons (Fsp3) is 0.200. The van der Waals surface area contributed by atoms with Gasteiger partial charge in [-0.3, -0.25) is 0 Å². The Balaban J connectivity index is 2.33. The first-order valence-electron chi connectivity index (χ1n) is 6.11. The second-order valence-electron chi connectivity index (χ2n) is 4.52. The van der Waals surface area contributed by atoms with Crippen LogP contribution in [-0.2, 0) is 0 Å². The summed E-state index contributed by atoms with van der Waals surface area (Å²) in [6.45, 7) is 0.352. The van der Waals surface area contributed by atoms with Crippen LogP contribution in [0.3, 0.4) is 0 Å². The van der Waals surface area contributed by atoms with Gasteiger partial charge in [-0.25, -0.2) is 0 Å². The van der Waals surface area contributed by atoms with Crippen molar-refractivity contribution in [1.82, 2.24) is 0 Å². The SMILES string of the molecule is NCC(c1cccc(Br)c1)C(O)c1ccc(Br)c(Cl)c1. The number of benzene rings is 2. The zero-order valence-corrected chi connectivity index (χ0v) is 14.5. The van der Waals surface area contributed by atoms with Crippen LogP contribution in [-0.4, -0.2) is 11.7 Å². The summed E-state index contributed by atoms with van der Waals surface area (Å²) in [6, 6.07) is 13.3. The van der Waals surface area contributed by atoms with E-state index in [1.165, 1.54) is 0 Å². The van der Waals surface area contributed by atoms with Crippen molar-refractivity contribution in [1.29, 1.82) is 0 Å². The summed E-state index contributed by atoms with van der Waals surface area (Å²) in [6.07, 6.45) is -0.695. The van der Waals surface area contributed by atoms with Gasteiger partial charge in [0, 0.05) is 21.4 Å². The Labute approximate surface area is 140 Å². The molecule has 0 aliphatic heterocycles. The van der Waals surface area contributed by atoms with E-state index in [4.69, 9.17) is 17.3 Å². The molecule has 20 heavy (non-hydrogen) atoms. The Morgan fingerprint density at radius 2 is 1.85 bits per heavy atom. The number of aliphatic hydroxyl groups excluding tert-OH is 1. The van der Waals surface area contributed by atoms with E-state index >= 15 is 0 Å². The maximum absolute atomic E-state index is 10.6. The molecule has 0 aliphatic rings. The summed E-state index contributed by atoms with van der Waals surface area (Å²) in [5, 5.41) is 11.1. The zero-order chi connectivity index (χ0) is 14.7. The van der Waals surface area contributed by atoms with Gasteiger partial charge in [-0.05, 0) is 51.3 Å². The minimum absolute atomic E-state index is 0.176. The second kappa shape index (κ2) is 7.05. The Bertz CT molecular complexity index is 606. The maximum Gasteiger partial charge on any atom is 0.0871 e. The fourth-order valence-electron chi connectivity index (χ4n) is 2.11. The summed E-state index contributed by atoms with van der Waals surface area (Å²) in [4.78, 5) is 0. The highest BCUT2D eigenvalue weighted by atomic mass is 79.9. The monoisotopic (exact) mass is 417 g/mol. The molecule has 106 valence electrons. The summed E-state index contributed by atoms with van der Waals surface area (Å²) >= 11 is 12.9. The molecule has 2 aromatic carbocycles. The summed E-state index contributed by atoms with van der Waals surface area (Å²) in [5.74, 6) is -0.176. The van der Waals surface area contributed by atoms with E-state index in [2.05, 4.69) is 31.9 Å². The molecule has 0 bridgehead atoms. The Morgan fingerprint density at radius 1 is 1.10 bits per heavy atom. The second-order valence-corrected chi connectivity index (χ2v) is 6.69. The third-order valence-corrected chi connectivity index (χ3v) is 4.92. The number of hydrogen-bond donors (Lipinski definition) is 2. The van der Waals surface area contributed by atoms with Crippen molar-refractivity contribution < 1.29 is 5.11 Å². The van der Waals surface area contributed by atoms with Crippen LogP contribution in [0.2, 0.25) is 5.02 Å². The third kappa shape index (κ3) is 3.62. The van der Waals surface area contributed by atoms with Gasteiger partial charge >= 0.3 is 0 Å². The molecule has 0 amide bonds. The van der Waals surface area contributed by atoms with Crippen molar-refractivity contribution in [2.24, 2.45) is 5.73 Å². The topological polar surface area (TPSA) is 46.2 Å². The fourth-order valence-corrected chi connectivity index (χ4v) is 2.97. The lowest BCUT2D eigenvalue weighted by Gasteiger charge is -2.23. The van der Waals surface area contributed by atoms with Crippen molar-refractivity contribution in [2.45, 2.75) is 12.0 Å². The van der Waals surface area contributed by atoms with Crippen LogP contribution in [0.15, 0.2) is 51.4 Å². The summed E-state index contributed by atoms with van der Waals surface area (Å²) in [7, 11) is 0. The van der Waals surface area contributed by atoms with Gasteiger partial charge in [0.05, 0.1) is 11.1 Å². The molecule has 2 rings (SSSR count). The highest BCUT2D eigenvalue weighted by molar-refractivity contribution is 9.10. The van der Waals surface area contributed by atoms with E-state index < -0.39 is 6.10 Å². The molecule has 0 saturated heterocycles. The van der Waals surface area contributed by atoms with Crippen LogP contribution in [0.4, 0.5) is 0 Å². The van der Waals surface area contributed by atoms with Crippen LogP contribution in [0.1, 0.15) is 23.1 Å². The molecular weight excluding hydrogens is 405 g/mol. The van der Waals surface area contributed by atoms with Gasteiger partial charge in [-0.2, -0.15) is 0 Å². The van der Waals surface area contributed by atoms with Crippen LogP contribution in [0, 0.1) is 0 Å².